The summed E-state index contributed by atoms with van der Waals surface area (Å²) < 4.78 is 0. The van der Waals surface area contributed by atoms with E-state index < -0.39 is 0 Å². The zero-order valence-corrected chi connectivity index (χ0v) is 18.7. The van der Waals surface area contributed by atoms with Crippen LogP contribution in [0, 0.1) is 6.92 Å². The molecule has 0 aromatic heterocycles. The number of hydrogen-bond acceptors (Lipinski definition) is 2. The fraction of sp³-hybridized carbons (Fsp3) is 0.0357. The van der Waals surface area contributed by atoms with Gasteiger partial charge in [0.25, 0.3) is 0 Å². The lowest BCUT2D eigenvalue weighted by molar-refractivity contribution is 0.112. The van der Waals surface area contributed by atoms with E-state index in [4.69, 9.17) is 23.2 Å². The first-order chi connectivity index (χ1) is 15.5. The first-order valence-corrected chi connectivity index (χ1v) is 10.9. The van der Waals surface area contributed by atoms with Crippen molar-refractivity contribution in [1.82, 2.24) is 0 Å². The van der Waals surface area contributed by atoms with E-state index in [-0.39, 0.29) is 11.3 Å². The predicted octanol–water partition coefficient (Wildman–Crippen LogP) is 8.46. The van der Waals surface area contributed by atoms with Crippen molar-refractivity contribution in [3.8, 4) is 28.0 Å². The number of phenols is 1. The fourth-order valence-electron chi connectivity index (χ4n) is 4.28. The van der Waals surface area contributed by atoms with Crippen molar-refractivity contribution in [3.63, 3.8) is 0 Å². The van der Waals surface area contributed by atoms with Crippen LogP contribution in [0.3, 0.4) is 0 Å². The van der Waals surface area contributed by atoms with Crippen molar-refractivity contribution in [2.24, 2.45) is 0 Å². The molecular weight excluding hydrogens is 439 g/mol. The normalized spacial score (nSPS) is 11.2. The van der Waals surface area contributed by atoms with E-state index in [1.54, 1.807) is 6.07 Å². The maximum Gasteiger partial charge on any atom is 0.153 e. The van der Waals surface area contributed by atoms with Crippen LogP contribution in [0.25, 0.3) is 43.8 Å². The third-order valence-electron chi connectivity index (χ3n) is 5.95. The first kappa shape index (κ1) is 20.6. The van der Waals surface area contributed by atoms with Crippen LogP contribution >= 0.6 is 23.2 Å². The number of phenolic OH excluding ortho intramolecular Hbond substituents is 1. The summed E-state index contributed by atoms with van der Waals surface area (Å²) in [5.41, 5.74) is 4.22. The fourth-order valence-corrected chi connectivity index (χ4v) is 4.77. The minimum absolute atomic E-state index is 0.0411. The molecule has 4 heteroatoms. The number of carbonyl (C=O) groups excluding carboxylic acids is 1. The molecule has 1 N–H and O–H groups in total. The summed E-state index contributed by atoms with van der Waals surface area (Å²) in [5.74, 6) is -0.0411. The van der Waals surface area contributed by atoms with Gasteiger partial charge in [-0.2, -0.15) is 0 Å². The molecule has 0 heterocycles. The minimum atomic E-state index is -0.0411. The van der Waals surface area contributed by atoms with E-state index in [0.29, 0.717) is 21.9 Å². The second-order valence-corrected chi connectivity index (χ2v) is 8.62. The zero-order chi connectivity index (χ0) is 22.4. The number of aromatic hydroxyl groups is 1. The highest BCUT2D eigenvalue weighted by Crippen LogP contribution is 2.47. The van der Waals surface area contributed by atoms with Crippen LogP contribution in [0.15, 0.2) is 78.9 Å². The summed E-state index contributed by atoms with van der Waals surface area (Å²) in [6, 6.07) is 25.3. The van der Waals surface area contributed by atoms with Crippen LogP contribution in [-0.2, 0) is 0 Å². The van der Waals surface area contributed by atoms with Gasteiger partial charge in [0.05, 0.1) is 5.56 Å². The number of halogens is 2. The van der Waals surface area contributed by atoms with Crippen molar-refractivity contribution in [2.45, 2.75) is 6.92 Å². The Bertz CT molecular complexity index is 1510. The van der Waals surface area contributed by atoms with E-state index in [1.165, 1.54) is 0 Å². The van der Waals surface area contributed by atoms with Crippen LogP contribution in [0.2, 0.25) is 10.0 Å². The molecule has 0 amide bonds. The molecule has 5 aromatic rings. The van der Waals surface area contributed by atoms with Crippen molar-refractivity contribution in [1.29, 1.82) is 0 Å². The van der Waals surface area contributed by atoms with Crippen molar-refractivity contribution >= 4 is 51.0 Å². The van der Waals surface area contributed by atoms with Gasteiger partial charge in [0.1, 0.15) is 5.75 Å². The average molecular weight is 457 g/mol. The Labute approximate surface area is 195 Å². The SMILES string of the molecule is Cc1c(Cl)cc(-c2ccc3ccccc3c2-c2c(O)c(C=O)cc3ccccc23)cc1Cl. The van der Waals surface area contributed by atoms with Crippen molar-refractivity contribution in [3.05, 3.63) is 100 Å². The van der Waals surface area contributed by atoms with Gasteiger partial charge in [-0.3, -0.25) is 4.79 Å². The van der Waals surface area contributed by atoms with Gasteiger partial charge >= 0.3 is 0 Å². The van der Waals surface area contributed by atoms with Gasteiger partial charge in [-0.25, -0.2) is 0 Å². The predicted molar refractivity (Wildman–Crippen MR) is 134 cm³/mol. The lowest BCUT2D eigenvalue weighted by Gasteiger charge is -2.19. The lowest BCUT2D eigenvalue weighted by Crippen LogP contribution is -1.94. The summed E-state index contributed by atoms with van der Waals surface area (Å²) in [6.07, 6.45) is 0.690. The highest BCUT2D eigenvalue weighted by molar-refractivity contribution is 6.36. The average Bonchev–Trinajstić information content (AvgIpc) is 2.81. The van der Waals surface area contributed by atoms with E-state index in [0.717, 1.165) is 43.8 Å². The molecular formula is C28H18Cl2O2. The van der Waals surface area contributed by atoms with Crippen LogP contribution in [-0.4, -0.2) is 11.4 Å². The Morgan fingerprint density at radius 1 is 0.750 bits per heavy atom. The lowest BCUT2D eigenvalue weighted by atomic mass is 9.86. The standard InChI is InChI=1S/C28H18Cl2O2/c1-16-24(29)13-19(14-25(16)30)23-11-10-17-6-2-4-8-21(17)26(23)27-22-9-5-3-7-18(22)12-20(15-31)28(27)32/h2-15,32H,1H3. The molecule has 0 radical (unpaired) electrons. The molecule has 5 aromatic carbocycles. The molecule has 0 aliphatic carbocycles. The van der Waals surface area contributed by atoms with E-state index in [1.807, 2.05) is 79.7 Å². The first-order valence-electron chi connectivity index (χ1n) is 10.2. The Balaban J connectivity index is 1.99. The van der Waals surface area contributed by atoms with Crippen molar-refractivity contribution < 1.29 is 9.90 Å². The Morgan fingerprint density at radius 3 is 2.00 bits per heavy atom. The molecule has 0 saturated carbocycles. The van der Waals surface area contributed by atoms with Gasteiger partial charge in [0.2, 0.25) is 0 Å². The van der Waals surface area contributed by atoms with Crippen LogP contribution in [0.1, 0.15) is 15.9 Å². The molecule has 0 aliphatic heterocycles. The summed E-state index contributed by atoms with van der Waals surface area (Å²) >= 11 is 13.0. The van der Waals surface area contributed by atoms with E-state index in [9.17, 15) is 9.90 Å². The van der Waals surface area contributed by atoms with E-state index >= 15 is 0 Å². The van der Waals surface area contributed by atoms with Gasteiger partial charge in [-0.1, -0.05) is 83.9 Å². The molecule has 156 valence electrons. The highest BCUT2D eigenvalue weighted by atomic mass is 35.5. The summed E-state index contributed by atoms with van der Waals surface area (Å²) in [4.78, 5) is 11.8. The topological polar surface area (TPSA) is 37.3 Å². The molecule has 0 unspecified atom stereocenters. The third-order valence-corrected chi connectivity index (χ3v) is 6.73. The number of hydrogen-bond donors (Lipinski definition) is 1. The van der Waals surface area contributed by atoms with E-state index in [2.05, 4.69) is 0 Å². The number of benzene rings is 5. The number of rotatable bonds is 3. The Hall–Kier alpha value is -3.33. The number of carbonyl (C=O) groups is 1. The van der Waals surface area contributed by atoms with Crippen LogP contribution < -0.4 is 0 Å². The molecule has 0 saturated heterocycles. The summed E-state index contributed by atoms with van der Waals surface area (Å²) in [5, 5.41) is 16.1. The minimum Gasteiger partial charge on any atom is -0.507 e. The van der Waals surface area contributed by atoms with Gasteiger partial charge in [0, 0.05) is 21.2 Å². The van der Waals surface area contributed by atoms with Gasteiger partial charge < -0.3 is 5.11 Å². The zero-order valence-electron chi connectivity index (χ0n) is 17.2. The number of fused-ring (bicyclic) bond motifs is 2. The molecule has 0 aliphatic rings. The largest absolute Gasteiger partial charge is 0.507 e. The molecule has 5 rings (SSSR count). The molecule has 0 atom stereocenters. The number of aldehydes is 1. The summed E-state index contributed by atoms with van der Waals surface area (Å²) in [7, 11) is 0. The van der Waals surface area contributed by atoms with Crippen LogP contribution in [0.5, 0.6) is 5.75 Å². The molecule has 32 heavy (non-hydrogen) atoms. The molecule has 0 spiro atoms. The van der Waals surface area contributed by atoms with Gasteiger partial charge in [0.15, 0.2) is 6.29 Å². The monoisotopic (exact) mass is 456 g/mol. The highest BCUT2D eigenvalue weighted by Gasteiger charge is 2.21. The molecule has 0 bridgehead atoms. The van der Waals surface area contributed by atoms with Crippen molar-refractivity contribution in [2.75, 3.05) is 0 Å². The maximum absolute atomic E-state index is 11.8. The van der Waals surface area contributed by atoms with Gasteiger partial charge in [-0.15, -0.1) is 0 Å². The van der Waals surface area contributed by atoms with Crippen LogP contribution in [0.4, 0.5) is 0 Å². The Kier molecular flexibility index (Phi) is 5.13. The second kappa shape index (κ2) is 7.98. The molecule has 0 fully saturated rings. The quantitative estimate of drug-likeness (QED) is 0.276. The molecule has 2 nitrogen and oxygen atoms in total. The smallest absolute Gasteiger partial charge is 0.153 e. The second-order valence-electron chi connectivity index (χ2n) is 7.80. The summed E-state index contributed by atoms with van der Waals surface area (Å²) in [6.45, 7) is 1.88. The van der Waals surface area contributed by atoms with Gasteiger partial charge in [-0.05, 0) is 63.4 Å². The Morgan fingerprint density at radius 2 is 1.34 bits per heavy atom. The maximum atomic E-state index is 11.8. The third kappa shape index (κ3) is 3.24.